The molecule has 1 heterocycles. The zero-order valence-electron chi connectivity index (χ0n) is 18.6. The van der Waals surface area contributed by atoms with E-state index in [0.29, 0.717) is 16.3 Å². The molecule has 0 radical (unpaired) electrons. The standard InChI is InChI=1S/C26H29N3O2S/c1-18-24(32-19(2)27-18)26(31)29(22-16-10-5-11-17-22)23(20-12-6-3-7-13-20)25(30)28-21-14-8-4-9-15-21/h3,5-7,10-13,16-17,21,23H,4,8-9,14-15H2,1-2H3,(H,28,30)/t23-/m0/s1. The number of hydrogen-bond acceptors (Lipinski definition) is 4. The molecule has 2 aromatic carbocycles. The number of benzene rings is 2. The van der Waals surface area contributed by atoms with Gasteiger partial charge in [-0.25, -0.2) is 4.98 Å². The average molecular weight is 448 g/mol. The van der Waals surface area contributed by atoms with E-state index >= 15 is 0 Å². The Labute approximate surface area is 193 Å². The van der Waals surface area contributed by atoms with Crippen LogP contribution in [0.4, 0.5) is 5.69 Å². The van der Waals surface area contributed by atoms with Crippen LogP contribution in [0.15, 0.2) is 60.7 Å². The average Bonchev–Trinajstić information content (AvgIpc) is 3.16. The SMILES string of the molecule is Cc1nc(C)c(C(=O)N(c2ccccc2)[C@H](C(=O)NC2CCCCC2)c2ccccc2)s1. The maximum absolute atomic E-state index is 13.9. The van der Waals surface area contributed by atoms with Crippen LogP contribution in [0, 0.1) is 13.8 Å². The number of amides is 2. The van der Waals surface area contributed by atoms with Crippen LogP contribution < -0.4 is 10.2 Å². The minimum atomic E-state index is -0.769. The first kappa shape index (κ1) is 22.2. The fourth-order valence-electron chi connectivity index (χ4n) is 4.39. The number of aryl methyl sites for hydroxylation is 2. The van der Waals surface area contributed by atoms with Crippen molar-refractivity contribution < 1.29 is 9.59 Å². The second kappa shape index (κ2) is 10.1. The van der Waals surface area contributed by atoms with Gasteiger partial charge in [0, 0.05) is 11.7 Å². The summed E-state index contributed by atoms with van der Waals surface area (Å²) in [4.78, 5) is 34.3. The molecule has 1 fully saturated rings. The van der Waals surface area contributed by atoms with Crippen molar-refractivity contribution in [2.24, 2.45) is 0 Å². The first-order valence-corrected chi connectivity index (χ1v) is 12.0. The van der Waals surface area contributed by atoms with Crippen molar-refractivity contribution in [3.05, 3.63) is 81.8 Å². The van der Waals surface area contributed by atoms with E-state index in [1.165, 1.54) is 17.8 Å². The van der Waals surface area contributed by atoms with Gasteiger partial charge < -0.3 is 5.32 Å². The van der Waals surface area contributed by atoms with Gasteiger partial charge in [-0.2, -0.15) is 0 Å². The molecule has 5 nitrogen and oxygen atoms in total. The summed E-state index contributed by atoms with van der Waals surface area (Å²) in [6, 6.07) is 18.4. The van der Waals surface area contributed by atoms with E-state index < -0.39 is 6.04 Å². The lowest BCUT2D eigenvalue weighted by molar-refractivity contribution is -0.123. The summed E-state index contributed by atoms with van der Waals surface area (Å²) < 4.78 is 0. The molecule has 2 amide bonds. The van der Waals surface area contributed by atoms with Crippen LogP contribution in [-0.4, -0.2) is 22.8 Å². The molecule has 166 valence electrons. The third-order valence-corrected chi connectivity index (χ3v) is 6.99. The van der Waals surface area contributed by atoms with Gasteiger partial charge in [0.05, 0.1) is 10.7 Å². The van der Waals surface area contributed by atoms with Crippen molar-refractivity contribution in [2.75, 3.05) is 4.90 Å². The summed E-state index contributed by atoms with van der Waals surface area (Å²) in [5.41, 5.74) is 2.17. The molecule has 4 rings (SSSR count). The van der Waals surface area contributed by atoms with Crippen molar-refractivity contribution in [3.8, 4) is 0 Å². The molecule has 1 aliphatic rings. The van der Waals surface area contributed by atoms with E-state index in [1.807, 2.05) is 74.5 Å². The van der Waals surface area contributed by atoms with Crippen LogP contribution in [0.25, 0.3) is 0 Å². The summed E-state index contributed by atoms with van der Waals surface area (Å²) in [6.07, 6.45) is 5.44. The van der Waals surface area contributed by atoms with E-state index in [2.05, 4.69) is 10.3 Å². The summed E-state index contributed by atoms with van der Waals surface area (Å²) >= 11 is 1.37. The van der Waals surface area contributed by atoms with Crippen LogP contribution in [0.2, 0.25) is 0 Å². The summed E-state index contributed by atoms with van der Waals surface area (Å²) in [6.45, 7) is 3.74. The topological polar surface area (TPSA) is 62.3 Å². The van der Waals surface area contributed by atoms with E-state index in [4.69, 9.17) is 0 Å². The third-order valence-electron chi connectivity index (χ3n) is 5.92. The smallest absolute Gasteiger partial charge is 0.271 e. The number of carbonyl (C=O) groups is 2. The molecule has 0 spiro atoms. The minimum absolute atomic E-state index is 0.140. The molecular weight excluding hydrogens is 418 g/mol. The van der Waals surface area contributed by atoms with Gasteiger partial charge >= 0.3 is 0 Å². The summed E-state index contributed by atoms with van der Waals surface area (Å²) in [7, 11) is 0. The lowest BCUT2D eigenvalue weighted by Crippen LogP contribution is -2.47. The lowest BCUT2D eigenvalue weighted by atomic mass is 9.94. The van der Waals surface area contributed by atoms with Crippen molar-refractivity contribution >= 4 is 28.8 Å². The molecule has 1 aliphatic carbocycles. The number of rotatable bonds is 6. The van der Waals surface area contributed by atoms with Gasteiger partial charge in [0.15, 0.2) is 0 Å². The molecule has 3 aromatic rings. The molecule has 0 aliphatic heterocycles. The Balaban J connectivity index is 1.78. The largest absolute Gasteiger partial charge is 0.351 e. The number of nitrogens with zero attached hydrogens (tertiary/aromatic N) is 2. The molecule has 1 atom stereocenters. The fraction of sp³-hybridized carbons (Fsp3) is 0.346. The quantitative estimate of drug-likeness (QED) is 0.535. The van der Waals surface area contributed by atoms with Crippen LogP contribution in [0.5, 0.6) is 0 Å². The van der Waals surface area contributed by atoms with Gasteiger partial charge in [0.25, 0.3) is 5.91 Å². The van der Waals surface area contributed by atoms with Crippen molar-refractivity contribution in [3.63, 3.8) is 0 Å². The van der Waals surface area contributed by atoms with Gasteiger partial charge in [0.1, 0.15) is 10.9 Å². The Bertz CT molecular complexity index is 1060. The molecule has 0 bridgehead atoms. The van der Waals surface area contributed by atoms with E-state index in [9.17, 15) is 9.59 Å². The Kier molecular flexibility index (Phi) is 7.00. The highest BCUT2D eigenvalue weighted by atomic mass is 32.1. The number of carbonyl (C=O) groups excluding carboxylic acids is 2. The highest BCUT2D eigenvalue weighted by molar-refractivity contribution is 7.13. The predicted molar refractivity (Wildman–Crippen MR) is 129 cm³/mol. The van der Waals surface area contributed by atoms with Gasteiger partial charge in [-0.15, -0.1) is 11.3 Å². The molecule has 1 aromatic heterocycles. The van der Waals surface area contributed by atoms with E-state index in [1.54, 1.807) is 4.90 Å². The summed E-state index contributed by atoms with van der Waals surface area (Å²) in [5, 5.41) is 4.08. The number of para-hydroxylation sites is 1. The molecule has 0 saturated heterocycles. The van der Waals surface area contributed by atoms with E-state index in [0.717, 1.165) is 36.3 Å². The first-order chi connectivity index (χ1) is 15.5. The maximum Gasteiger partial charge on any atom is 0.271 e. The Morgan fingerprint density at radius 2 is 1.59 bits per heavy atom. The molecule has 0 unspecified atom stereocenters. The first-order valence-electron chi connectivity index (χ1n) is 11.2. The van der Waals surface area contributed by atoms with Crippen molar-refractivity contribution in [1.82, 2.24) is 10.3 Å². The second-order valence-electron chi connectivity index (χ2n) is 8.31. The van der Waals surface area contributed by atoms with Crippen molar-refractivity contribution in [1.29, 1.82) is 0 Å². The predicted octanol–water partition coefficient (Wildman–Crippen LogP) is 5.60. The highest BCUT2D eigenvalue weighted by Gasteiger charge is 2.35. The number of nitrogens with one attached hydrogen (secondary N) is 1. The Morgan fingerprint density at radius 3 is 2.19 bits per heavy atom. The number of aromatic nitrogens is 1. The van der Waals surface area contributed by atoms with Crippen molar-refractivity contribution in [2.45, 2.75) is 58.0 Å². The highest BCUT2D eigenvalue weighted by Crippen LogP contribution is 2.32. The van der Waals surface area contributed by atoms with Gasteiger partial charge in [0.2, 0.25) is 5.91 Å². The lowest BCUT2D eigenvalue weighted by Gasteiger charge is -2.33. The molecule has 1 N–H and O–H groups in total. The van der Waals surface area contributed by atoms with Gasteiger partial charge in [-0.05, 0) is 44.4 Å². The van der Waals surface area contributed by atoms with E-state index in [-0.39, 0.29) is 17.9 Å². The van der Waals surface area contributed by atoms with Gasteiger partial charge in [-0.1, -0.05) is 67.8 Å². The van der Waals surface area contributed by atoms with Crippen LogP contribution in [-0.2, 0) is 4.79 Å². The zero-order chi connectivity index (χ0) is 22.5. The Morgan fingerprint density at radius 1 is 0.969 bits per heavy atom. The summed E-state index contributed by atoms with van der Waals surface area (Å²) in [5.74, 6) is -0.342. The second-order valence-corrected chi connectivity index (χ2v) is 9.52. The fourth-order valence-corrected chi connectivity index (χ4v) is 5.25. The van der Waals surface area contributed by atoms with Gasteiger partial charge in [-0.3, -0.25) is 14.5 Å². The number of thiazole rings is 1. The third kappa shape index (κ3) is 4.91. The molecule has 1 saturated carbocycles. The van der Waals surface area contributed by atoms with Crippen LogP contribution >= 0.6 is 11.3 Å². The Hall–Kier alpha value is -2.99. The normalized spacial score (nSPS) is 15.2. The number of anilines is 1. The van der Waals surface area contributed by atoms with Crippen LogP contribution in [0.1, 0.15) is 64.1 Å². The molecule has 32 heavy (non-hydrogen) atoms. The maximum atomic E-state index is 13.9. The monoisotopic (exact) mass is 447 g/mol. The zero-order valence-corrected chi connectivity index (χ0v) is 19.4. The molecular formula is C26H29N3O2S. The number of hydrogen-bond donors (Lipinski definition) is 1. The molecule has 6 heteroatoms. The minimum Gasteiger partial charge on any atom is -0.351 e. The van der Waals surface area contributed by atoms with Crippen LogP contribution in [0.3, 0.4) is 0 Å².